The minimum Gasteiger partial charge on any atom is -0.461 e. The van der Waals surface area contributed by atoms with Gasteiger partial charge in [0.15, 0.2) is 8.32 Å². The molecule has 0 aliphatic heterocycles. The Morgan fingerprint density at radius 3 is 2.11 bits per heavy atom. The first-order valence-electron chi connectivity index (χ1n) is 6.53. The van der Waals surface area contributed by atoms with Crippen molar-refractivity contribution < 1.29 is 14.0 Å². The van der Waals surface area contributed by atoms with Gasteiger partial charge in [-0.25, -0.2) is 0 Å². The summed E-state index contributed by atoms with van der Waals surface area (Å²) in [5, 5.41) is 0.227. The van der Waals surface area contributed by atoms with Crippen LogP contribution in [0.25, 0.3) is 0 Å². The second kappa shape index (κ2) is 7.09. The third kappa shape index (κ3) is 6.35. The average Bonchev–Trinajstić information content (AvgIpc) is 2.20. The molecule has 0 radical (unpaired) electrons. The lowest BCUT2D eigenvalue weighted by molar-refractivity contribution is -0.146. The van der Waals surface area contributed by atoms with Crippen LogP contribution in [0.3, 0.4) is 0 Å². The van der Waals surface area contributed by atoms with Crippen LogP contribution >= 0.6 is 0 Å². The fourth-order valence-electron chi connectivity index (χ4n) is 0.906. The lowest BCUT2D eigenvalue weighted by Gasteiger charge is -2.35. The molecule has 0 unspecified atom stereocenters. The highest BCUT2D eigenvalue weighted by molar-refractivity contribution is 6.74. The Kier molecular flexibility index (Phi) is 6.85. The number of hydrogen-bond donors (Lipinski definition) is 0. The molecule has 0 aliphatic rings. The first-order chi connectivity index (χ1) is 8.08. The molecule has 0 bridgehead atoms. The summed E-state index contributed by atoms with van der Waals surface area (Å²) in [7, 11) is -1.66. The van der Waals surface area contributed by atoms with Crippen LogP contribution in [0.4, 0.5) is 0 Å². The number of carbonyl (C=O) groups excluding carboxylic acids is 1. The van der Waals surface area contributed by atoms with Gasteiger partial charge in [0.25, 0.3) is 0 Å². The average molecular weight is 272 g/mol. The van der Waals surface area contributed by atoms with E-state index >= 15 is 0 Å². The SMILES string of the molecule is CC(C)C(=O)OC/C=C/CO[Si](C)(C)C(C)(C)C. The first-order valence-corrected chi connectivity index (χ1v) is 9.44. The molecule has 106 valence electrons. The molecule has 0 aromatic carbocycles. The third-order valence-corrected chi connectivity index (χ3v) is 7.81. The number of carbonyl (C=O) groups is 1. The molecule has 0 aromatic heterocycles. The number of ether oxygens (including phenoxy) is 1. The Bertz CT molecular complexity index is 288. The predicted molar refractivity (Wildman–Crippen MR) is 78.1 cm³/mol. The number of rotatable bonds is 6. The van der Waals surface area contributed by atoms with Crippen LogP contribution in [0, 0.1) is 5.92 Å². The normalized spacial score (nSPS) is 13.3. The standard InChI is InChI=1S/C14H28O3Si/c1-12(2)13(15)16-10-8-9-11-17-18(6,7)14(3,4)5/h8-9,12H,10-11H2,1-7H3/b9-8+. The molecule has 0 N–H and O–H groups in total. The zero-order chi connectivity index (χ0) is 14.4. The van der Waals surface area contributed by atoms with Gasteiger partial charge in [0.2, 0.25) is 0 Å². The van der Waals surface area contributed by atoms with Crippen LogP contribution in [0.5, 0.6) is 0 Å². The summed E-state index contributed by atoms with van der Waals surface area (Å²) in [6, 6.07) is 0. The zero-order valence-electron chi connectivity index (χ0n) is 12.9. The van der Waals surface area contributed by atoms with Crippen molar-refractivity contribution in [1.82, 2.24) is 0 Å². The summed E-state index contributed by atoms with van der Waals surface area (Å²) in [6.07, 6.45) is 3.77. The van der Waals surface area contributed by atoms with Crippen molar-refractivity contribution in [3.8, 4) is 0 Å². The maximum atomic E-state index is 11.2. The second-order valence-electron chi connectivity index (χ2n) is 6.33. The van der Waals surface area contributed by atoms with Crippen LogP contribution < -0.4 is 0 Å². The molecule has 18 heavy (non-hydrogen) atoms. The van der Waals surface area contributed by atoms with Crippen LogP contribution in [-0.4, -0.2) is 27.5 Å². The topological polar surface area (TPSA) is 35.5 Å². The minimum absolute atomic E-state index is 0.0677. The van der Waals surface area contributed by atoms with Crippen molar-refractivity contribution in [3.63, 3.8) is 0 Å². The van der Waals surface area contributed by atoms with E-state index in [4.69, 9.17) is 9.16 Å². The van der Waals surface area contributed by atoms with Crippen molar-refractivity contribution in [2.24, 2.45) is 5.92 Å². The molecule has 0 saturated heterocycles. The van der Waals surface area contributed by atoms with Gasteiger partial charge in [-0.1, -0.05) is 40.7 Å². The Balaban J connectivity index is 3.89. The molecule has 0 heterocycles. The molecule has 0 amide bonds. The number of hydrogen-bond acceptors (Lipinski definition) is 3. The summed E-state index contributed by atoms with van der Waals surface area (Å²) >= 11 is 0. The van der Waals surface area contributed by atoms with Gasteiger partial charge >= 0.3 is 5.97 Å². The van der Waals surface area contributed by atoms with Gasteiger partial charge in [-0.2, -0.15) is 0 Å². The summed E-state index contributed by atoms with van der Waals surface area (Å²) in [6.45, 7) is 15.7. The molecule has 0 fully saturated rings. The zero-order valence-corrected chi connectivity index (χ0v) is 13.9. The van der Waals surface area contributed by atoms with Crippen LogP contribution in [0.1, 0.15) is 34.6 Å². The van der Waals surface area contributed by atoms with E-state index in [0.29, 0.717) is 13.2 Å². The molecule has 0 saturated carbocycles. The van der Waals surface area contributed by atoms with Crippen molar-refractivity contribution >= 4 is 14.3 Å². The van der Waals surface area contributed by atoms with Gasteiger partial charge < -0.3 is 9.16 Å². The van der Waals surface area contributed by atoms with E-state index in [9.17, 15) is 4.79 Å². The highest BCUT2D eigenvalue weighted by Gasteiger charge is 2.36. The van der Waals surface area contributed by atoms with Crippen LogP contribution in [0.15, 0.2) is 12.2 Å². The molecular formula is C14H28O3Si. The summed E-state index contributed by atoms with van der Waals surface area (Å²) in [4.78, 5) is 11.2. The fourth-order valence-corrected chi connectivity index (χ4v) is 1.85. The van der Waals surface area contributed by atoms with E-state index in [-0.39, 0.29) is 16.9 Å². The molecule has 0 spiro atoms. The highest BCUT2D eigenvalue weighted by Crippen LogP contribution is 2.36. The summed E-state index contributed by atoms with van der Waals surface area (Å²) < 4.78 is 11.0. The molecular weight excluding hydrogens is 244 g/mol. The van der Waals surface area contributed by atoms with Crippen molar-refractivity contribution in [1.29, 1.82) is 0 Å². The van der Waals surface area contributed by atoms with E-state index in [1.54, 1.807) is 0 Å². The van der Waals surface area contributed by atoms with Gasteiger partial charge in [-0.05, 0) is 24.2 Å². The van der Waals surface area contributed by atoms with E-state index in [2.05, 4.69) is 33.9 Å². The van der Waals surface area contributed by atoms with Crippen LogP contribution in [0.2, 0.25) is 18.1 Å². The molecule has 0 rings (SSSR count). The van der Waals surface area contributed by atoms with Gasteiger partial charge in [0.05, 0.1) is 12.5 Å². The van der Waals surface area contributed by atoms with Crippen molar-refractivity contribution in [2.45, 2.75) is 52.8 Å². The number of esters is 1. The first kappa shape index (κ1) is 17.4. The maximum absolute atomic E-state index is 11.2. The second-order valence-corrected chi connectivity index (χ2v) is 11.1. The molecule has 3 nitrogen and oxygen atoms in total. The monoisotopic (exact) mass is 272 g/mol. The predicted octanol–water partition coefficient (Wildman–Crippen LogP) is 3.76. The minimum atomic E-state index is -1.66. The Morgan fingerprint density at radius 1 is 1.17 bits per heavy atom. The smallest absolute Gasteiger partial charge is 0.308 e. The van der Waals surface area contributed by atoms with E-state index in [0.717, 1.165) is 0 Å². The largest absolute Gasteiger partial charge is 0.461 e. The summed E-state index contributed by atoms with van der Waals surface area (Å²) in [5.41, 5.74) is 0. The van der Waals surface area contributed by atoms with Crippen molar-refractivity contribution in [2.75, 3.05) is 13.2 Å². The van der Waals surface area contributed by atoms with Gasteiger partial charge in [-0.3, -0.25) is 4.79 Å². The highest BCUT2D eigenvalue weighted by atomic mass is 28.4. The fraction of sp³-hybridized carbons (Fsp3) is 0.786. The third-order valence-electron chi connectivity index (χ3n) is 3.31. The Hall–Kier alpha value is -0.613. The molecule has 4 heteroatoms. The van der Waals surface area contributed by atoms with Crippen LogP contribution in [-0.2, 0) is 14.0 Å². The maximum Gasteiger partial charge on any atom is 0.308 e. The molecule has 0 aromatic rings. The quantitative estimate of drug-likeness (QED) is 0.419. The molecule has 0 atom stereocenters. The van der Waals surface area contributed by atoms with Gasteiger partial charge in [0, 0.05) is 0 Å². The van der Waals surface area contributed by atoms with E-state index in [1.165, 1.54) is 0 Å². The Labute approximate surface area is 113 Å². The molecule has 0 aliphatic carbocycles. The van der Waals surface area contributed by atoms with Gasteiger partial charge in [-0.15, -0.1) is 0 Å². The Morgan fingerprint density at radius 2 is 1.67 bits per heavy atom. The van der Waals surface area contributed by atoms with E-state index in [1.807, 2.05) is 26.0 Å². The summed E-state index contributed by atoms with van der Waals surface area (Å²) in [5.74, 6) is -0.230. The lowest BCUT2D eigenvalue weighted by Crippen LogP contribution is -2.40. The van der Waals surface area contributed by atoms with Gasteiger partial charge in [0.1, 0.15) is 6.61 Å². The van der Waals surface area contributed by atoms with E-state index < -0.39 is 8.32 Å². The van der Waals surface area contributed by atoms with Crippen molar-refractivity contribution in [3.05, 3.63) is 12.2 Å². The lowest BCUT2D eigenvalue weighted by atomic mass is 10.2.